The molecule has 5 heteroatoms. The Morgan fingerprint density at radius 2 is 1.33 bits per heavy atom. The largest absolute Gasteiger partial charge is 3.00 e. The van der Waals surface area contributed by atoms with Gasteiger partial charge in [-0.2, -0.15) is 0 Å². The number of rotatable bonds is 0. The van der Waals surface area contributed by atoms with Crippen molar-refractivity contribution in [3.8, 4) is 0 Å². The minimum atomic E-state index is -2.33. The van der Waals surface area contributed by atoms with E-state index in [0.717, 1.165) is 0 Å². The number of hydrogen-bond donors (Lipinski definition) is 0. The van der Waals surface area contributed by atoms with Gasteiger partial charge in [-0.1, -0.05) is 0 Å². The molecule has 0 aromatic heterocycles. The zero-order valence-corrected chi connectivity index (χ0v) is 4.49. The molecule has 0 amide bonds. The van der Waals surface area contributed by atoms with Crippen LogP contribution in [0.4, 0.5) is 4.79 Å². The summed E-state index contributed by atoms with van der Waals surface area (Å²) in [6, 6.07) is 0. The predicted molar refractivity (Wildman–Crippen MR) is 5.40 cm³/mol. The third-order valence-corrected chi connectivity index (χ3v) is 0. The Morgan fingerprint density at radius 3 is 1.33 bits per heavy atom. The number of carbonyl (C=O) groups excluding carboxylic acids is 1. The number of carboxylic acid groups (broad SMARTS) is 2. The second-order valence-corrected chi connectivity index (χ2v) is 0.250. The summed E-state index contributed by atoms with van der Waals surface area (Å²) >= 11 is 0. The number of hydrogen-bond acceptors (Lipinski definition) is 3. The van der Waals surface area contributed by atoms with Crippen LogP contribution in [-0.2, 0) is 33.6 Å². The predicted octanol–water partition coefficient (Wildman–Crippen LogP) is -2.45. The van der Waals surface area contributed by atoms with Gasteiger partial charge in [0.2, 0.25) is 0 Å². The molecule has 0 bridgehead atoms. The summed E-state index contributed by atoms with van der Waals surface area (Å²) in [5.74, 6) is 0. The third kappa shape index (κ3) is 576. The van der Waals surface area contributed by atoms with Crippen LogP contribution >= 0.6 is 0 Å². The van der Waals surface area contributed by atoms with Crippen molar-refractivity contribution >= 4 is 6.16 Å². The van der Waals surface area contributed by atoms with Gasteiger partial charge >= 0.3 is 33.6 Å². The first-order valence-electron chi connectivity index (χ1n) is 0.612. The summed E-state index contributed by atoms with van der Waals surface area (Å²) in [6.07, 6.45) is -2.33. The molecule has 37 valence electrons. The fraction of sp³-hybridized carbons (Fsp3) is 0. The summed E-state index contributed by atoms with van der Waals surface area (Å²) in [5, 5.41) is 16.7. The van der Waals surface area contributed by atoms with Crippen molar-refractivity contribution in [1.82, 2.24) is 0 Å². The molecule has 0 aliphatic carbocycles. The molecule has 0 spiro atoms. The molecular formula is CFeNiO3+3. The smallest absolute Gasteiger partial charge is 0.652 e. The summed E-state index contributed by atoms with van der Waals surface area (Å²) in [5.41, 5.74) is 0. The Labute approximate surface area is 55.1 Å². The molecule has 6 heavy (non-hydrogen) atoms. The Morgan fingerprint density at radius 1 is 1.33 bits per heavy atom. The Kier molecular flexibility index (Phi) is 24.4. The summed E-state index contributed by atoms with van der Waals surface area (Å²) < 4.78 is 0. The first kappa shape index (κ1) is 16.3. The number of carbonyl (C=O) groups is 1. The molecule has 0 aromatic rings. The monoisotopic (exact) mass is 174 g/mol. The van der Waals surface area contributed by atoms with Crippen LogP contribution in [0.3, 0.4) is 0 Å². The van der Waals surface area contributed by atoms with Gasteiger partial charge in [0.15, 0.2) is 0 Å². The molecule has 0 aliphatic heterocycles. The molecule has 0 N–H and O–H groups in total. The first-order chi connectivity index (χ1) is 1.73. The molecule has 1 radical (unpaired) electrons. The Hall–Kier alpha value is 0.283. The van der Waals surface area contributed by atoms with Gasteiger partial charge in [0.05, 0.1) is 0 Å². The van der Waals surface area contributed by atoms with Crippen LogP contribution in [0, 0.1) is 0 Å². The quantitative estimate of drug-likeness (QED) is 0.383. The SMILES string of the molecule is O=C([O-])[O-].[Fe+3].[Ni+2]. The minimum absolute atomic E-state index is 0. The Balaban J connectivity index is -0.0000000450. The Bertz CT molecular complexity index is 33.8. The summed E-state index contributed by atoms with van der Waals surface area (Å²) in [6.45, 7) is 0. The maximum atomic E-state index is 8.33. The van der Waals surface area contributed by atoms with Crippen LogP contribution < -0.4 is 10.2 Å². The fourth-order valence-electron chi connectivity index (χ4n) is 0. The van der Waals surface area contributed by atoms with Crippen molar-refractivity contribution in [2.75, 3.05) is 0 Å². The van der Waals surface area contributed by atoms with Gasteiger partial charge in [0.25, 0.3) is 0 Å². The molecule has 3 nitrogen and oxygen atoms in total. The molecule has 0 unspecified atom stereocenters. The van der Waals surface area contributed by atoms with E-state index in [9.17, 15) is 0 Å². The van der Waals surface area contributed by atoms with Crippen molar-refractivity contribution < 1.29 is 48.6 Å². The molecule has 0 saturated carbocycles. The fourth-order valence-corrected chi connectivity index (χ4v) is 0. The third-order valence-electron chi connectivity index (χ3n) is 0. The van der Waals surface area contributed by atoms with E-state index in [1.54, 1.807) is 0 Å². The van der Waals surface area contributed by atoms with Crippen LogP contribution in [-0.4, -0.2) is 6.16 Å². The van der Waals surface area contributed by atoms with E-state index in [-0.39, 0.29) is 33.6 Å². The van der Waals surface area contributed by atoms with E-state index in [0.29, 0.717) is 0 Å². The van der Waals surface area contributed by atoms with Crippen molar-refractivity contribution in [2.45, 2.75) is 0 Å². The zero-order chi connectivity index (χ0) is 3.58. The van der Waals surface area contributed by atoms with E-state index >= 15 is 0 Å². The van der Waals surface area contributed by atoms with Gasteiger partial charge in [-0.3, -0.25) is 0 Å². The van der Waals surface area contributed by atoms with Crippen LogP contribution in [0.25, 0.3) is 0 Å². The summed E-state index contributed by atoms with van der Waals surface area (Å²) in [4.78, 5) is 8.33. The van der Waals surface area contributed by atoms with Crippen LogP contribution in [0.5, 0.6) is 0 Å². The molecule has 0 heterocycles. The van der Waals surface area contributed by atoms with E-state index in [4.69, 9.17) is 15.0 Å². The van der Waals surface area contributed by atoms with Crippen molar-refractivity contribution in [3.63, 3.8) is 0 Å². The maximum absolute atomic E-state index is 8.33. The molecule has 0 atom stereocenters. The van der Waals surface area contributed by atoms with Crippen LogP contribution in [0.1, 0.15) is 0 Å². The average Bonchev–Trinajstić information content (AvgIpc) is 0.811. The molecule has 0 saturated heterocycles. The zero-order valence-electron chi connectivity index (χ0n) is 2.39. The molecular weight excluding hydrogens is 175 g/mol. The first-order valence-corrected chi connectivity index (χ1v) is 0.612. The van der Waals surface area contributed by atoms with E-state index < -0.39 is 6.16 Å². The minimum Gasteiger partial charge on any atom is -0.652 e. The van der Waals surface area contributed by atoms with Crippen LogP contribution in [0.2, 0.25) is 0 Å². The molecule has 0 rings (SSSR count). The van der Waals surface area contributed by atoms with E-state index in [1.807, 2.05) is 0 Å². The standard InChI is InChI=1S/CH2O3.Fe.Ni/c2-1(3)4;;/h(H2,2,3,4);;/q;+3;+2/p-2. The molecule has 0 aromatic carbocycles. The van der Waals surface area contributed by atoms with Crippen molar-refractivity contribution in [3.05, 3.63) is 0 Å². The maximum Gasteiger partial charge on any atom is 3.00 e. The summed E-state index contributed by atoms with van der Waals surface area (Å²) in [7, 11) is 0. The van der Waals surface area contributed by atoms with Crippen molar-refractivity contribution in [1.29, 1.82) is 0 Å². The second kappa shape index (κ2) is 8.99. The van der Waals surface area contributed by atoms with Gasteiger partial charge in [0, 0.05) is 0 Å². The van der Waals surface area contributed by atoms with E-state index in [1.165, 1.54) is 0 Å². The van der Waals surface area contributed by atoms with Gasteiger partial charge < -0.3 is 15.0 Å². The van der Waals surface area contributed by atoms with E-state index in [2.05, 4.69) is 0 Å². The normalized spacial score (nSPS) is 4.00. The topological polar surface area (TPSA) is 63.2 Å². The molecule has 0 fully saturated rings. The second-order valence-electron chi connectivity index (χ2n) is 0.250. The van der Waals surface area contributed by atoms with Crippen LogP contribution in [0.15, 0.2) is 0 Å². The molecule has 0 aliphatic rings. The van der Waals surface area contributed by atoms with Gasteiger partial charge in [0.1, 0.15) is 0 Å². The van der Waals surface area contributed by atoms with Crippen molar-refractivity contribution in [2.24, 2.45) is 0 Å². The van der Waals surface area contributed by atoms with Gasteiger partial charge in [-0.25, -0.2) is 0 Å². The van der Waals surface area contributed by atoms with Gasteiger partial charge in [-0.15, -0.1) is 0 Å². The van der Waals surface area contributed by atoms with Gasteiger partial charge in [-0.05, 0) is 6.16 Å². The average molecular weight is 175 g/mol.